The number of nitrogens with two attached hydrogens (primary N) is 1. The van der Waals surface area contributed by atoms with Gasteiger partial charge in [-0.1, -0.05) is 0 Å². The molecule has 5 heteroatoms. The van der Waals surface area contributed by atoms with E-state index in [1.54, 1.807) is 30.4 Å². The molecule has 1 rings (SSSR count). The minimum Gasteiger partial charge on any atom is -0.329 e. The fourth-order valence-electron chi connectivity index (χ4n) is 0.885. The first-order chi connectivity index (χ1) is 5.54. The molecule has 2 N–H and O–H groups in total. The van der Waals surface area contributed by atoms with Gasteiger partial charge in [-0.3, -0.25) is 4.68 Å². The fourth-order valence-corrected chi connectivity index (χ4v) is 1.63. The van der Waals surface area contributed by atoms with Crippen molar-refractivity contribution in [2.45, 2.75) is 6.54 Å². The second-order valence-electron chi connectivity index (χ2n) is 3.10. The largest absolute Gasteiger partial charge is 0.329 e. The van der Waals surface area contributed by atoms with Crippen molar-refractivity contribution in [2.75, 3.05) is 19.9 Å². The zero-order valence-corrected chi connectivity index (χ0v) is 8.29. The molecule has 1 aromatic heterocycles. The summed E-state index contributed by atoms with van der Waals surface area (Å²) < 4.78 is 13.3. The third kappa shape index (κ3) is 2.19. The molecule has 1 heterocycles. The van der Waals surface area contributed by atoms with Crippen LogP contribution in [0, 0.1) is 0 Å². The van der Waals surface area contributed by atoms with Gasteiger partial charge in [0, 0.05) is 18.0 Å². The van der Waals surface area contributed by atoms with Crippen molar-refractivity contribution in [1.29, 1.82) is 0 Å². The van der Waals surface area contributed by atoms with Crippen molar-refractivity contribution < 1.29 is 4.57 Å². The lowest BCUT2D eigenvalue weighted by atomic mass is 10.6. The van der Waals surface area contributed by atoms with Crippen LogP contribution in [0.3, 0.4) is 0 Å². The van der Waals surface area contributed by atoms with E-state index in [2.05, 4.69) is 5.10 Å². The van der Waals surface area contributed by atoms with Crippen LogP contribution in [0.1, 0.15) is 0 Å². The molecule has 0 aliphatic heterocycles. The van der Waals surface area contributed by atoms with E-state index in [1.807, 2.05) is 0 Å². The number of hydrogen-bond acceptors (Lipinski definition) is 3. The summed E-state index contributed by atoms with van der Waals surface area (Å²) in [7, 11) is -2.15. The molecule has 4 nitrogen and oxygen atoms in total. The number of hydrogen-bond donors (Lipinski definition) is 1. The van der Waals surface area contributed by atoms with Gasteiger partial charge in [0.25, 0.3) is 0 Å². The highest BCUT2D eigenvalue weighted by molar-refractivity contribution is 7.70. The van der Waals surface area contributed by atoms with E-state index in [0.29, 0.717) is 13.1 Å². The van der Waals surface area contributed by atoms with E-state index in [4.69, 9.17) is 5.73 Å². The zero-order valence-electron chi connectivity index (χ0n) is 7.40. The summed E-state index contributed by atoms with van der Waals surface area (Å²) in [4.78, 5) is 0. The van der Waals surface area contributed by atoms with E-state index < -0.39 is 7.14 Å². The predicted molar refractivity (Wildman–Crippen MR) is 50.4 cm³/mol. The first-order valence-electron chi connectivity index (χ1n) is 3.82. The molecule has 12 heavy (non-hydrogen) atoms. The first kappa shape index (κ1) is 9.49. The third-order valence-corrected chi connectivity index (χ3v) is 3.07. The Morgan fingerprint density at radius 2 is 2.33 bits per heavy atom. The summed E-state index contributed by atoms with van der Waals surface area (Å²) in [5, 5.41) is 4.85. The molecule has 0 aliphatic carbocycles. The molecule has 0 saturated heterocycles. The standard InChI is InChI=1S/C7H14N3OP/c1-12(2,11)7-5-9-10(6-7)4-3-8/h5-6H,3-4,8H2,1-2H3. The molecule has 0 radical (unpaired) electrons. The smallest absolute Gasteiger partial charge is 0.112 e. The highest BCUT2D eigenvalue weighted by Crippen LogP contribution is 2.33. The Hall–Kier alpha value is -0.600. The van der Waals surface area contributed by atoms with Crippen molar-refractivity contribution in [3.8, 4) is 0 Å². The Morgan fingerprint density at radius 3 is 2.75 bits per heavy atom. The average Bonchev–Trinajstić information content (AvgIpc) is 2.35. The van der Waals surface area contributed by atoms with Crippen molar-refractivity contribution in [2.24, 2.45) is 5.73 Å². The molecule has 0 spiro atoms. The van der Waals surface area contributed by atoms with E-state index in [-0.39, 0.29) is 0 Å². The summed E-state index contributed by atoms with van der Waals surface area (Å²) in [6, 6.07) is 0. The maximum absolute atomic E-state index is 11.5. The molecule has 0 atom stereocenters. The maximum Gasteiger partial charge on any atom is 0.112 e. The topological polar surface area (TPSA) is 60.9 Å². The normalized spacial score (nSPS) is 11.9. The molecule has 0 fully saturated rings. The van der Waals surface area contributed by atoms with Gasteiger partial charge in [0.1, 0.15) is 7.14 Å². The van der Waals surface area contributed by atoms with Gasteiger partial charge in [-0.25, -0.2) is 0 Å². The Balaban J connectivity index is 2.85. The van der Waals surface area contributed by atoms with Crippen molar-refractivity contribution in [1.82, 2.24) is 9.78 Å². The van der Waals surface area contributed by atoms with Crippen molar-refractivity contribution in [3.63, 3.8) is 0 Å². The summed E-state index contributed by atoms with van der Waals surface area (Å²) >= 11 is 0. The van der Waals surface area contributed by atoms with Crippen LogP contribution in [-0.2, 0) is 11.1 Å². The van der Waals surface area contributed by atoms with Crippen LogP contribution in [0.15, 0.2) is 12.4 Å². The minimum atomic E-state index is -2.15. The van der Waals surface area contributed by atoms with Crippen LogP contribution in [0.5, 0.6) is 0 Å². The third-order valence-electron chi connectivity index (χ3n) is 1.60. The first-order valence-corrected chi connectivity index (χ1v) is 6.42. The lowest BCUT2D eigenvalue weighted by Crippen LogP contribution is -2.10. The summed E-state index contributed by atoms with van der Waals surface area (Å²) in [6.45, 7) is 4.70. The van der Waals surface area contributed by atoms with Gasteiger partial charge in [-0.15, -0.1) is 0 Å². The molecule has 68 valence electrons. The number of nitrogens with zero attached hydrogens (tertiary/aromatic N) is 2. The van der Waals surface area contributed by atoms with Crippen LogP contribution in [0.25, 0.3) is 0 Å². The summed E-state index contributed by atoms with van der Waals surface area (Å²) in [6.07, 6.45) is 3.45. The monoisotopic (exact) mass is 187 g/mol. The SMILES string of the molecule is CP(C)(=O)c1cnn(CCN)c1. The van der Waals surface area contributed by atoms with Gasteiger partial charge in [-0.2, -0.15) is 5.10 Å². The van der Waals surface area contributed by atoms with E-state index in [0.717, 1.165) is 5.30 Å². The molecule has 0 aliphatic rings. The minimum absolute atomic E-state index is 0.554. The number of rotatable bonds is 3. The second kappa shape index (κ2) is 3.42. The molecule has 0 bridgehead atoms. The van der Waals surface area contributed by atoms with Crippen molar-refractivity contribution >= 4 is 12.4 Å². The molecule has 0 saturated carbocycles. The van der Waals surface area contributed by atoms with Gasteiger partial charge in [0.05, 0.1) is 12.7 Å². The Morgan fingerprint density at radius 1 is 1.67 bits per heavy atom. The molecular weight excluding hydrogens is 173 g/mol. The van der Waals surface area contributed by atoms with E-state index in [9.17, 15) is 4.57 Å². The van der Waals surface area contributed by atoms with Gasteiger partial charge >= 0.3 is 0 Å². The van der Waals surface area contributed by atoms with E-state index in [1.165, 1.54) is 0 Å². The highest BCUT2D eigenvalue weighted by atomic mass is 31.2. The Labute approximate surface area is 72.1 Å². The summed E-state index contributed by atoms with van der Waals surface area (Å²) in [5.74, 6) is 0. The molecule has 0 unspecified atom stereocenters. The zero-order chi connectivity index (χ0) is 9.19. The molecular formula is C7H14N3OP. The quantitative estimate of drug-likeness (QED) is 0.682. The summed E-state index contributed by atoms with van der Waals surface area (Å²) in [5.41, 5.74) is 5.35. The van der Waals surface area contributed by atoms with Crippen LogP contribution in [0.2, 0.25) is 0 Å². The predicted octanol–water partition coefficient (Wildman–Crippen LogP) is 0.0898. The molecule has 0 amide bonds. The van der Waals surface area contributed by atoms with Gasteiger partial charge in [0.15, 0.2) is 0 Å². The van der Waals surface area contributed by atoms with Crippen LogP contribution in [0.4, 0.5) is 0 Å². The molecule has 1 aromatic rings. The van der Waals surface area contributed by atoms with Crippen molar-refractivity contribution in [3.05, 3.63) is 12.4 Å². The maximum atomic E-state index is 11.5. The lowest BCUT2D eigenvalue weighted by molar-refractivity contribution is 0.588. The van der Waals surface area contributed by atoms with Gasteiger partial charge in [0.2, 0.25) is 0 Å². The lowest BCUT2D eigenvalue weighted by Gasteiger charge is -2.00. The fraction of sp³-hybridized carbons (Fsp3) is 0.571. The van der Waals surface area contributed by atoms with Gasteiger partial charge in [-0.05, 0) is 13.3 Å². The Bertz CT molecular complexity index is 301. The van der Waals surface area contributed by atoms with Crippen LogP contribution in [-0.4, -0.2) is 29.7 Å². The number of aromatic nitrogens is 2. The highest BCUT2D eigenvalue weighted by Gasteiger charge is 2.12. The van der Waals surface area contributed by atoms with Gasteiger partial charge < -0.3 is 10.3 Å². The Kier molecular flexibility index (Phi) is 2.70. The van der Waals surface area contributed by atoms with E-state index >= 15 is 0 Å². The van der Waals surface area contributed by atoms with Crippen LogP contribution >= 0.6 is 7.14 Å². The second-order valence-corrected chi connectivity index (χ2v) is 6.32. The van der Waals surface area contributed by atoms with Crippen LogP contribution < -0.4 is 11.0 Å². The molecule has 0 aromatic carbocycles. The average molecular weight is 187 g/mol.